The molecule has 3 aromatic rings. The number of alkyl halides is 3. The standard InChI is InChI=1S/C17H12F3N3O2S/c18-17(19,20)10-2-1-3-11(8-10)23-16-15-12-6-7-26(24,25)14(12)5-4-13(15)21-9-22-16/h1-5,8-9H,6-7H2,(H,21,22,23). The van der Waals surface area contributed by atoms with Gasteiger partial charge in [0.15, 0.2) is 9.84 Å². The minimum Gasteiger partial charge on any atom is -0.340 e. The molecule has 2 aromatic carbocycles. The maximum Gasteiger partial charge on any atom is 0.416 e. The summed E-state index contributed by atoms with van der Waals surface area (Å²) in [5.41, 5.74) is 0.551. The Kier molecular flexibility index (Phi) is 3.65. The molecule has 9 heteroatoms. The summed E-state index contributed by atoms with van der Waals surface area (Å²) >= 11 is 0. The second kappa shape index (κ2) is 5.66. The highest BCUT2D eigenvalue weighted by atomic mass is 32.2. The molecule has 1 N–H and O–H groups in total. The first-order valence-electron chi connectivity index (χ1n) is 7.69. The third kappa shape index (κ3) is 2.78. The van der Waals surface area contributed by atoms with Crippen LogP contribution >= 0.6 is 0 Å². The molecule has 26 heavy (non-hydrogen) atoms. The van der Waals surface area contributed by atoms with E-state index in [-0.39, 0.29) is 22.2 Å². The number of hydrogen-bond acceptors (Lipinski definition) is 5. The summed E-state index contributed by atoms with van der Waals surface area (Å²) in [6.45, 7) is 0. The number of fused-ring (bicyclic) bond motifs is 3. The van der Waals surface area contributed by atoms with E-state index in [1.165, 1.54) is 24.5 Å². The minimum atomic E-state index is -4.46. The first-order valence-corrected chi connectivity index (χ1v) is 9.34. The van der Waals surface area contributed by atoms with Crippen LogP contribution in [0, 0.1) is 0 Å². The smallest absolute Gasteiger partial charge is 0.340 e. The molecular formula is C17H12F3N3O2S. The van der Waals surface area contributed by atoms with Gasteiger partial charge in [0.05, 0.1) is 21.7 Å². The van der Waals surface area contributed by atoms with Gasteiger partial charge in [-0.15, -0.1) is 0 Å². The highest BCUT2D eigenvalue weighted by Gasteiger charge is 2.31. The van der Waals surface area contributed by atoms with Crippen LogP contribution in [0.5, 0.6) is 0 Å². The van der Waals surface area contributed by atoms with E-state index in [2.05, 4.69) is 15.3 Å². The molecule has 1 aromatic heterocycles. The van der Waals surface area contributed by atoms with Crippen molar-refractivity contribution in [1.29, 1.82) is 0 Å². The van der Waals surface area contributed by atoms with Crippen LogP contribution < -0.4 is 5.32 Å². The van der Waals surface area contributed by atoms with Gasteiger partial charge in [-0.25, -0.2) is 18.4 Å². The Labute approximate surface area is 146 Å². The van der Waals surface area contributed by atoms with E-state index >= 15 is 0 Å². The summed E-state index contributed by atoms with van der Waals surface area (Å²) in [5, 5.41) is 3.39. The molecule has 0 spiro atoms. The third-order valence-electron chi connectivity index (χ3n) is 4.28. The van der Waals surface area contributed by atoms with E-state index in [1.54, 1.807) is 6.07 Å². The predicted molar refractivity (Wildman–Crippen MR) is 90.0 cm³/mol. The van der Waals surface area contributed by atoms with Gasteiger partial charge in [0.25, 0.3) is 0 Å². The van der Waals surface area contributed by atoms with Gasteiger partial charge >= 0.3 is 6.18 Å². The van der Waals surface area contributed by atoms with Gasteiger partial charge in [0, 0.05) is 11.1 Å². The van der Waals surface area contributed by atoms with Crippen LogP contribution in [0.2, 0.25) is 0 Å². The van der Waals surface area contributed by atoms with Crippen molar-refractivity contribution in [3.8, 4) is 0 Å². The van der Waals surface area contributed by atoms with Crippen molar-refractivity contribution in [1.82, 2.24) is 9.97 Å². The van der Waals surface area contributed by atoms with Gasteiger partial charge in [0.1, 0.15) is 12.1 Å². The van der Waals surface area contributed by atoms with E-state index in [0.29, 0.717) is 22.9 Å². The van der Waals surface area contributed by atoms with E-state index in [1.807, 2.05) is 0 Å². The number of nitrogens with zero attached hydrogens (tertiary/aromatic N) is 2. The molecule has 1 aliphatic heterocycles. The summed E-state index contributed by atoms with van der Waals surface area (Å²) in [6, 6.07) is 7.84. The lowest BCUT2D eigenvalue weighted by Gasteiger charge is -2.13. The quantitative estimate of drug-likeness (QED) is 0.735. The fraction of sp³-hybridized carbons (Fsp3) is 0.176. The zero-order chi connectivity index (χ0) is 18.5. The number of aryl methyl sites for hydroxylation is 1. The van der Waals surface area contributed by atoms with Crippen LogP contribution in [-0.4, -0.2) is 24.1 Å². The number of rotatable bonds is 2. The first-order chi connectivity index (χ1) is 12.3. The molecule has 0 saturated heterocycles. The Bertz CT molecular complexity index is 1130. The molecule has 134 valence electrons. The summed E-state index contributed by atoms with van der Waals surface area (Å²) in [6.07, 6.45) is -2.85. The number of halogens is 3. The second-order valence-corrected chi connectivity index (χ2v) is 8.01. The molecule has 0 bridgehead atoms. The van der Waals surface area contributed by atoms with Gasteiger partial charge in [-0.2, -0.15) is 13.2 Å². The van der Waals surface area contributed by atoms with Gasteiger partial charge in [0.2, 0.25) is 0 Å². The highest BCUT2D eigenvalue weighted by Crippen LogP contribution is 2.36. The third-order valence-corrected chi connectivity index (χ3v) is 6.07. The minimum absolute atomic E-state index is 0.000655. The monoisotopic (exact) mass is 379 g/mol. The number of nitrogens with one attached hydrogen (secondary N) is 1. The number of sulfone groups is 1. The Morgan fingerprint density at radius 3 is 2.65 bits per heavy atom. The normalized spacial score (nSPS) is 15.8. The van der Waals surface area contributed by atoms with Crippen LogP contribution in [0.25, 0.3) is 10.9 Å². The zero-order valence-electron chi connectivity index (χ0n) is 13.2. The summed E-state index contributed by atoms with van der Waals surface area (Å²) in [7, 11) is -3.34. The molecule has 0 aliphatic carbocycles. The van der Waals surface area contributed by atoms with Crippen molar-refractivity contribution in [3.63, 3.8) is 0 Å². The van der Waals surface area contributed by atoms with Crippen molar-refractivity contribution in [2.75, 3.05) is 11.1 Å². The molecule has 2 heterocycles. The van der Waals surface area contributed by atoms with Crippen molar-refractivity contribution in [2.24, 2.45) is 0 Å². The average molecular weight is 379 g/mol. The lowest BCUT2D eigenvalue weighted by atomic mass is 10.1. The molecule has 0 radical (unpaired) electrons. The van der Waals surface area contributed by atoms with Gasteiger partial charge in [-0.05, 0) is 42.3 Å². The van der Waals surface area contributed by atoms with Crippen LogP contribution in [0.15, 0.2) is 47.6 Å². The van der Waals surface area contributed by atoms with Crippen molar-refractivity contribution < 1.29 is 21.6 Å². The molecule has 0 atom stereocenters. The highest BCUT2D eigenvalue weighted by molar-refractivity contribution is 7.91. The molecular weight excluding hydrogens is 367 g/mol. The van der Waals surface area contributed by atoms with Crippen molar-refractivity contribution in [2.45, 2.75) is 17.5 Å². The average Bonchev–Trinajstić information content (AvgIpc) is 2.90. The van der Waals surface area contributed by atoms with E-state index in [0.717, 1.165) is 12.1 Å². The Morgan fingerprint density at radius 2 is 1.88 bits per heavy atom. The topological polar surface area (TPSA) is 72.0 Å². The largest absolute Gasteiger partial charge is 0.416 e. The predicted octanol–water partition coefficient (Wildman–Crippen LogP) is 3.72. The second-order valence-electron chi connectivity index (χ2n) is 5.93. The first kappa shape index (κ1) is 16.8. The fourth-order valence-corrected chi connectivity index (χ4v) is 4.64. The summed E-state index contributed by atoms with van der Waals surface area (Å²) in [5.74, 6) is 0.280. The number of anilines is 2. The van der Waals surface area contributed by atoms with Crippen molar-refractivity contribution in [3.05, 3.63) is 53.9 Å². The van der Waals surface area contributed by atoms with Crippen LogP contribution in [0.1, 0.15) is 11.1 Å². The van der Waals surface area contributed by atoms with E-state index in [4.69, 9.17) is 0 Å². The zero-order valence-corrected chi connectivity index (χ0v) is 14.0. The SMILES string of the molecule is O=S1(=O)CCc2c1ccc1ncnc(Nc3cccc(C(F)(F)F)c3)c21. The van der Waals surface area contributed by atoms with Crippen LogP contribution in [0.3, 0.4) is 0 Å². The van der Waals surface area contributed by atoms with Gasteiger partial charge < -0.3 is 5.32 Å². The summed E-state index contributed by atoms with van der Waals surface area (Å²) in [4.78, 5) is 8.49. The molecule has 4 rings (SSSR count). The Balaban J connectivity index is 1.85. The molecule has 5 nitrogen and oxygen atoms in total. The van der Waals surface area contributed by atoms with Gasteiger partial charge in [-0.1, -0.05) is 6.07 Å². The number of hydrogen-bond donors (Lipinski definition) is 1. The lowest BCUT2D eigenvalue weighted by Crippen LogP contribution is -2.05. The molecule has 0 unspecified atom stereocenters. The number of benzene rings is 2. The Morgan fingerprint density at radius 1 is 1.08 bits per heavy atom. The van der Waals surface area contributed by atoms with Crippen molar-refractivity contribution >= 4 is 32.2 Å². The fourth-order valence-electron chi connectivity index (χ4n) is 3.09. The molecule has 0 saturated carbocycles. The molecule has 0 amide bonds. The summed E-state index contributed by atoms with van der Waals surface area (Å²) < 4.78 is 63.0. The lowest BCUT2D eigenvalue weighted by molar-refractivity contribution is -0.137. The maximum absolute atomic E-state index is 12.9. The van der Waals surface area contributed by atoms with Gasteiger partial charge in [-0.3, -0.25) is 0 Å². The number of aromatic nitrogens is 2. The van der Waals surface area contributed by atoms with E-state index < -0.39 is 21.6 Å². The maximum atomic E-state index is 12.9. The van der Waals surface area contributed by atoms with Crippen LogP contribution in [-0.2, 0) is 22.4 Å². The van der Waals surface area contributed by atoms with E-state index in [9.17, 15) is 21.6 Å². The Hall–Kier alpha value is -2.68. The van der Waals surface area contributed by atoms with Crippen LogP contribution in [0.4, 0.5) is 24.7 Å². The molecule has 0 fully saturated rings. The molecule has 1 aliphatic rings.